The number of esters is 2. The Labute approximate surface area is 121 Å². The number of ether oxygens (including phenoxy) is 2. The van der Waals surface area contributed by atoms with Crippen molar-refractivity contribution in [2.45, 2.75) is 26.2 Å². The molecule has 0 amide bonds. The van der Waals surface area contributed by atoms with Crippen molar-refractivity contribution >= 4 is 27.9 Å². The first kappa shape index (κ1) is 15.7. The summed E-state index contributed by atoms with van der Waals surface area (Å²) in [6.07, 6.45) is 1.06. The normalized spacial score (nSPS) is 10.1. The topological polar surface area (TPSA) is 52.6 Å². The zero-order valence-corrected chi connectivity index (χ0v) is 12.7. The van der Waals surface area contributed by atoms with Crippen molar-refractivity contribution in [2.24, 2.45) is 0 Å². The van der Waals surface area contributed by atoms with Gasteiger partial charge in [0.2, 0.25) is 0 Å². The number of carbonyl (C=O) groups is 2. The van der Waals surface area contributed by atoms with Crippen molar-refractivity contribution in [3.8, 4) is 0 Å². The summed E-state index contributed by atoms with van der Waals surface area (Å²) in [5.41, 5.74) is 1.83. The lowest BCUT2D eigenvalue weighted by Crippen LogP contribution is -2.09. The second-order valence-electron chi connectivity index (χ2n) is 3.97. The molecule has 0 aromatic heterocycles. The first-order chi connectivity index (χ1) is 9.06. The SMILES string of the molecule is CCOC(=O)CCc1cc(Br)ccc1CC(=O)OC. The summed E-state index contributed by atoms with van der Waals surface area (Å²) in [5.74, 6) is -0.522. The Bertz CT molecular complexity index is 457. The van der Waals surface area contributed by atoms with Crippen LogP contribution in [-0.4, -0.2) is 25.7 Å². The number of aryl methyl sites for hydroxylation is 1. The average Bonchev–Trinajstić information content (AvgIpc) is 2.39. The van der Waals surface area contributed by atoms with Gasteiger partial charge >= 0.3 is 11.9 Å². The summed E-state index contributed by atoms with van der Waals surface area (Å²) in [4.78, 5) is 22.7. The van der Waals surface area contributed by atoms with E-state index < -0.39 is 0 Å². The van der Waals surface area contributed by atoms with E-state index in [1.807, 2.05) is 18.2 Å². The van der Waals surface area contributed by atoms with Gasteiger partial charge in [0.15, 0.2) is 0 Å². The minimum absolute atomic E-state index is 0.210. The van der Waals surface area contributed by atoms with Gasteiger partial charge in [-0.3, -0.25) is 9.59 Å². The predicted molar refractivity (Wildman–Crippen MR) is 74.8 cm³/mol. The van der Waals surface area contributed by atoms with Gasteiger partial charge in [-0.1, -0.05) is 22.0 Å². The smallest absolute Gasteiger partial charge is 0.309 e. The Balaban J connectivity index is 2.76. The third-order valence-corrected chi connectivity index (χ3v) is 3.13. The van der Waals surface area contributed by atoms with Crippen molar-refractivity contribution in [1.82, 2.24) is 0 Å². The minimum Gasteiger partial charge on any atom is -0.469 e. The quantitative estimate of drug-likeness (QED) is 0.753. The van der Waals surface area contributed by atoms with Crippen LogP contribution in [0.4, 0.5) is 0 Å². The van der Waals surface area contributed by atoms with E-state index in [2.05, 4.69) is 20.7 Å². The Kier molecular flexibility index (Phi) is 6.56. The zero-order chi connectivity index (χ0) is 14.3. The maximum atomic E-state index is 11.4. The highest BCUT2D eigenvalue weighted by atomic mass is 79.9. The van der Waals surface area contributed by atoms with Crippen LogP contribution in [-0.2, 0) is 31.9 Å². The lowest BCUT2D eigenvalue weighted by Gasteiger charge is -2.09. The highest BCUT2D eigenvalue weighted by molar-refractivity contribution is 9.10. The molecule has 0 unspecified atom stereocenters. The molecule has 104 valence electrons. The van der Waals surface area contributed by atoms with Crippen molar-refractivity contribution in [3.63, 3.8) is 0 Å². The number of halogens is 1. The van der Waals surface area contributed by atoms with Crippen LogP contribution in [0.15, 0.2) is 22.7 Å². The summed E-state index contributed by atoms with van der Waals surface area (Å²) in [6.45, 7) is 2.16. The Morgan fingerprint density at radius 2 is 1.95 bits per heavy atom. The molecule has 0 aliphatic heterocycles. The molecule has 0 spiro atoms. The molecule has 0 radical (unpaired) electrons. The molecule has 1 aromatic carbocycles. The molecule has 0 aliphatic carbocycles. The Hall–Kier alpha value is -1.36. The lowest BCUT2D eigenvalue weighted by atomic mass is 10.0. The molecule has 0 atom stereocenters. The van der Waals surface area contributed by atoms with Crippen LogP contribution in [0.2, 0.25) is 0 Å². The van der Waals surface area contributed by atoms with Gasteiger partial charge in [0.1, 0.15) is 0 Å². The van der Waals surface area contributed by atoms with Gasteiger partial charge in [-0.15, -0.1) is 0 Å². The number of benzene rings is 1. The average molecular weight is 329 g/mol. The molecule has 5 heteroatoms. The number of rotatable bonds is 6. The van der Waals surface area contributed by atoms with Crippen LogP contribution >= 0.6 is 15.9 Å². The number of hydrogen-bond donors (Lipinski definition) is 0. The van der Waals surface area contributed by atoms with Crippen LogP contribution in [0.1, 0.15) is 24.5 Å². The number of methoxy groups -OCH3 is 1. The summed E-state index contributed by atoms with van der Waals surface area (Å²) < 4.78 is 10.5. The fraction of sp³-hybridized carbons (Fsp3) is 0.429. The van der Waals surface area contributed by atoms with Crippen molar-refractivity contribution in [2.75, 3.05) is 13.7 Å². The van der Waals surface area contributed by atoms with E-state index in [-0.39, 0.29) is 18.4 Å². The third-order valence-electron chi connectivity index (χ3n) is 2.63. The van der Waals surface area contributed by atoms with E-state index in [4.69, 9.17) is 4.74 Å². The molecule has 0 saturated heterocycles. The van der Waals surface area contributed by atoms with Crippen LogP contribution < -0.4 is 0 Å². The standard InChI is InChI=1S/C14H17BrO4/c1-3-19-13(16)7-5-10-8-12(15)6-4-11(10)9-14(17)18-2/h4,6,8H,3,5,7,9H2,1-2H3. The van der Waals surface area contributed by atoms with Gasteiger partial charge < -0.3 is 9.47 Å². The van der Waals surface area contributed by atoms with Gasteiger partial charge in [-0.05, 0) is 36.6 Å². The van der Waals surface area contributed by atoms with Crippen molar-refractivity contribution in [3.05, 3.63) is 33.8 Å². The summed E-state index contributed by atoms with van der Waals surface area (Å²) in [6, 6.07) is 5.64. The molecule has 0 heterocycles. The van der Waals surface area contributed by atoms with Gasteiger partial charge in [0, 0.05) is 10.9 Å². The Morgan fingerprint density at radius 3 is 2.58 bits per heavy atom. The predicted octanol–water partition coefficient (Wildman–Crippen LogP) is 2.66. The molecule has 4 nitrogen and oxygen atoms in total. The van der Waals surface area contributed by atoms with E-state index in [9.17, 15) is 9.59 Å². The second-order valence-corrected chi connectivity index (χ2v) is 4.89. The molecule has 1 rings (SSSR count). The third kappa shape index (κ3) is 5.42. The van der Waals surface area contributed by atoms with Gasteiger partial charge in [-0.25, -0.2) is 0 Å². The fourth-order valence-electron chi connectivity index (χ4n) is 1.70. The summed E-state index contributed by atoms with van der Waals surface area (Å²) >= 11 is 3.39. The van der Waals surface area contributed by atoms with Crippen LogP contribution in [0, 0.1) is 0 Å². The number of carbonyl (C=O) groups excluding carboxylic acids is 2. The Morgan fingerprint density at radius 1 is 1.21 bits per heavy atom. The molecule has 0 bridgehead atoms. The van der Waals surface area contributed by atoms with Gasteiger partial charge in [-0.2, -0.15) is 0 Å². The monoisotopic (exact) mass is 328 g/mol. The maximum absolute atomic E-state index is 11.4. The van der Waals surface area contributed by atoms with E-state index in [0.717, 1.165) is 15.6 Å². The molecule has 19 heavy (non-hydrogen) atoms. The van der Waals surface area contributed by atoms with Crippen LogP contribution in [0.25, 0.3) is 0 Å². The minimum atomic E-state index is -0.292. The maximum Gasteiger partial charge on any atom is 0.309 e. The highest BCUT2D eigenvalue weighted by Crippen LogP contribution is 2.19. The second kappa shape index (κ2) is 7.94. The summed E-state index contributed by atoms with van der Waals surface area (Å²) in [5, 5.41) is 0. The van der Waals surface area contributed by atoms with Gasteiger partial charge in [0.05, 0.1) is 20.1 Å². The largest absolute Gasteiger partial charge is 0.469 e. The molecule has 0 saturated carbocycles. The van der Waals surface area contributed by atoms with Crippen LogP contribution in [0.3, 0.4) is 0 Å². The van der Waals surface area contributed by atoms with E-state index >= 15 is 0 Å². The van der Waals surface area contributed by atoms with E-state index in [1.165, 1.54) is 7.11 Å². The van der Waals surface area contributed by atoms with E-state index in [0.29, 0.717) is 19.4 Å². The molecule has 1 aromatic rings. The zero-order valence-electron chi connectivity index (χ0n) is 11.1. The molecule has 0 N–H and O–H groups in total. The van der Waals surface area contributed by atoms with Crippen molar-refractivity contribution in [1.29, 1.82) is 0 Å². The lowest BCUT2D eigenvalue weighted by molar-refractivity contribution is -0.143. The molecule has 0 aliphatic rings. The fourth-order valence-corrected chi connectivity index (χ4v) is 2.11. The number of hydrogen-bond acceptors (Lipinski definition) is 4. The van der Waals surface area contributed by atoms with Crippen LogP contribution in [0.5, 0.6) is 0 Å². The molecule has 0 fully saturated rings. The van der Waals surface area contributed by atoms with E-state index in [1.54, 1.807) is 6.92 Å². The highest BCUT2D eigenvalue weighted by Gasteiger charge is 2.11. The molecular formula is C14H17BrO4. The van der Waals surface area contributed by atoms with Crippen molar-refractivity contribution < 1.29 is 19.1 Å². The first-order valence-electron chi connectivity index (χ1n) is 6.06. The molecular weight excluding hydrogens is 312 g/mol. The summed E-state index contributed by atoms with van der Waals surface area (Å²) in [7, 11) is 1.36. The van der Waals surface area contributed by atoms with Gasteiger partial charge in [0.25, 0.3) is 0 Å². The first-order valence-corrected chi connectivity index (χ1v) is 6.85.